The number of aryl methyl sites for hydroxylation is 1. The molecule has 5 nitrogen and oxygen atoms in total. The molecule has 2 aromatic carbocycles. The Balaban J connectivity index is 1.47. The zero-order valence-electron chi connectivity index (χ0n) is 15.9. The molecule has 4 rings (SSSR count). The number of benzene rings is 2. The third kappa shape index (κ3) is 3.18. The van der Waals surface area contributed by atoms with Crippen LogP contribution >= 0.6 is 0 Å². The standard InChI is InChI=1S/C22H25N3O2/c1-16-8-9-19-18(14-16)21(27)23-22(24(19)2)10-12-25(13-11-22)20(26)15-17-6-4-3-5-7-17/h3-9,14H,10-13,15H2,1-2H3,(H,23,27). The van der Waals surface area contributed by atoms with Crippen LogP contribution in [-0.4, -0.2) is 42.5 Å². The van der Waals surface area contributed by atoms with E-state index in [4.69, 9.17) is 0 Å². The fourth-order valence-electron chi connectivity index (χ4n) is 4.19. The van der Waals surface area contributed by atoms with Crippen LogP contribution in [0.25, 0.3) is 0 Å². The number of nitrogens with one attached hydrogen (secondary N) is 1. The van der Waals surface area contributed by atoms with Gasteiger partial charge in [-0.1, -0.05) is 42.0 Å². The molecule has 1 saturated heterocycles. The third-order valence-corrected chi connectivity index (χ3v) is 5.89. The van der Waals surface area contributed by atoms with Crippen LogP contribution in [-0.2, 0) is 11.2 Å². The van der Waals surface area contributed by atoms with E-state index >= 15 is 0 Å². The summed E-state index contributed by atoms with van der Waals surface area (Å²) in [6.45, 7) is 3.30. The van der Waals surface area contributed by atoms with Crippen molar-refractivity contribution in [3.63, 3.8) is 0 Å². The van der Waals surface area contributed by atoms with E-state index in [0.717, 1.165) is 35.2 Å². The van der Waals surface area contributed by atoms with Gasteiger partial charge in [0.1, 0.15) is 5.66 Å². The molecule has 0 atom stereocenters. The molecule has 0 unspecified atom stereocenters. The molecule has 1 spiro atoms. The summed E-state index contributed by atoms with van der Waals surface area (Å²) >= 11 is 0. The smallest absolute Gasteiger partial charge is 0.255 e. The van der Waals surface area contributed by atoms with Gasteiger partial charge in [0.25, 0.3) is 5.91 Å². The first-order chi connectivity index (χ1) is 13.0. The molecule has 2 aliphatic heterocycles. The highest BCUT2D eigenvalue weighted by Crippen LogP contribution is 2.36. The maximum atomic E-state index is 12.7. The number of rotatable bonds is 2. The molecule has 0 saturated carbocycles. The second-order valence-corrected chi connectivity index (χ2v) is 7.61. The molecule has 2 aliphatic rings. The van der Waals surface area contributed by atoms with Crippen LogP contribution in [0.2, 0.25) is 0 Å². The number of piperidine rings is 1. The summed E-state index contributed by atoms with van der Waals surface area (Å²) in [4.78, 5) is 29.4. The first kappa shape index (κ1) is 17.6. The van der Waals surface area contributed by atoms with Gasteiger partial charge in [-0.15, -0.1) is 0 Å². The summed E-state index contributed by atoms with van der Waals surface area (Å²) in [6.07, 6.45) is 1.88. The molecule has 2 heterocycles. The van der Waals surface area contributed by atoms with Gasteiger partial charge in [0, 0.05) is 33.0 Å². The van der Waals surface area contributed by atoms with E-state index in [0.29, 0.717) is 19.5 Å². The van der Waals surface area contributed by atoms with E-state index in [-0.39, 0.29) is 11.8 Å². The summed E-state index contributed by atoms with van der Waals surface area (Å²) in [5.41, 5.74) is 3.40. The molecule has 1 fully saturated rings. The second-order valence-electron chi connectivity index (χ2n) is 7.61. The Morgan fingerprint density at radius 2 is 1.81 bits per heavy atom. The number of hydrogen-bond donors (Lipinski definition) is 1. The topological polar surface area (TPSA) is 52.7 Å². The average molecular weight is 363 g/mol. The summed E-state index contributed by atoms with van der Waals surface area (Å²) in [6, 6.07) is 15.8. The molecule has 1 N–H and O–H groups in total. The van der Waals surface area contributed by atoms with Crippen LogP contribution in [0.5, 0.6) is 0 Å². The molecule has 5 heteroatoms. The number of fused-ring (bicyclic) bond motifs is 1. The van der Waals surface area contributed by atoms with Gasteiger partial charge >= 0.3 is 0 Å². The molecule has 0 radical (unpaired) electrons. The van der Waals surface area contributed by atoms with Gasteiger partial charge in [-0.05, 0) is 24.6 Å². The predicted octanol–water partition coefficient (Wildman–Crippen LogP) is 2.74. The van der Waals surface area contributed by atoms with Crippen molar-refractivity contribution >= 4 is 17.5 Å². The van der Waals surface area contributed by atoms with Gasteiger partial charge in [-0.3, -0.25) is 9.59 Å². The van der Waals surface area contributed by atoms with Gasteiger partial charge in [0.05, 0.1) is 17.7 Å². The first-order valence-corrected chi connectivity index (χ1v) is 9.47. The lowest BCUT2D eigenvalue weighted by atomic mass is 9.90. The number of anilines is 1. The Morgan fingerprint density at radius 3 is 2.52 bits per heavy atom. The number of hydrogen-bond acceptors (Lipinski definition) is 3. The fourth-order valence-corrected chi connectivity index (χ4v) is 4.19. The SMILES string of the molecule is Cc1ccc2c(c1)C(=O)NC1(CCN(C(=O)Cc3ccccc3)CC1)N2C. The van der Waals surface area contributed by atoms with E-state index < -0.39 is 5.66 Å². The van der Waals surface area contributed by atoms with E-state index in [1.54, 1.807) is 0 Å². The molecule has 0 aliphatic carbocycles. The number of carbonyl (C=O) groups excluding carboxylic acids is 2. The van der Waals surface area contributed by atoms with Gasteiger partial charge in [-0.25, -0.2) is 0 Å². The Morgan fingerprint density at radius 1 is 1.11 bits per heavy atom. The van der Waals surface area contributed by atoms with E-state index in [1.165, 1.54) is 0 Å². The highest BCUT2D eigenvalue weighted by Gasteiger charge is 2.44. The number of carbonyl (C=O) groups is 2. The van der Waals surface area contributed by atoms with Crippen molar-refractivity contribution in [3.8, 4) is 0 Å². The number of nitrogens with zero attached hydrogens (tertiary/aromatic N) is 2. The highest BCUT2D eigenvalue weighted by atomic mass is 16.2. The number of likely N-dealkylation sites (tertiary alicyclic amines) is 1. The van der Waals surface area contributed by atoms with Crippen molar-refractivity contribution < 1.29 is 9.59 Å². The summed E-state index contributed by atoms with van der Waals surface area (Å²) in [5, 5.41) is 3.22. The molecule has 2 aromatic rings. The van der Waals surface area contributed by atoms with Crippen LogP contribution in [0.15, 0.2) is 48.5 Å². The molecule has 140 valence electrons. The fraction of sp³-hybridized carbons (Fsp3) is 0.364. The molecule has 2 amide bonds. The van der Waals surface area contributed by atoms with Crippen molar-refractivity contribution in [2.75, 3.05) is 25.0 Å². The lowest BCUT2D eigenvalue weighted by molar-refractivity contribution is -0.132. The van der Waals surface area contributed by atoms with Gasteiger partial charge in [0.2, 0.25) is 5.91 Å². The maximum Gasteiger partial charge on any atom is 0.255 e. The third-order valence-electron chi connectivity index (χ3n) is 5.89. The Labute approximate surface area is 160 Å². The van der Waals surface area contributed by atoms with Crippen LogP contribution in [0.1, 0.15) is 34.3 Å². The maximum absolute atomic E-state index is 12.7. The quantitative estimate of drug-likeness (QED) is 0.893. The van der Waals surface area contributed by atoms with Crippen LogP contribution in [0.4, 0.5) is 5.69 Å². The molecule has 0 bridgehead atoms. The van der Waals surface area contributed by atoms with Crippen LogP contribution < -0.4 is 10.2 Å². The van der Waals surface area contributed by atoms with Crippen LogP contribution in [0.3, 0.4) is 0 Å². The monoisotopic (exact) mass is 363 g/mol. The van der Waals surface area contributed by atoms with Crippen molar-refractivity contribution in [1.82, 2.24) is 10.2 Å². The first-order valence-electron chi connectivity index (χ1n) is 9.47. The van der Waals surface area contributed by atoms with Gasteiger partial charge in [0.15, 0.2) is 0 Å². The Kier molecular flexibility index (Phi) is 4.38. The predicted molar refractivity (Wildman–Crippen MR) is 106 cm³/mol. The van der Waals surface area contributed by atoms with Crippen molar-refractivity contribution in [3.05, 3.63) is 65.2 Å². The zero-order valence-corrected chi connectivity index (χ0v) is 15.9. The van der Waals surface area contributed by atoms with Crippen molar-refractivity contribution in [1.29, 1.82) is 0 Å². The van der Waals surface area contributed by atoms with Crippen LogP contribution in [0, 0.1) is 6.92 Å². The van der Waals surface area contributed by atoms with Gasteiger partial charge < -0.3 is 15.1 Å². The molecular weight excluding hydrogens is 338 g/mol. The largest absolute Gasteiger partial charge is 0.351 e. The van der Waals surface area contributed by atoms with Crippen molar-refractivity contribution in [2.45, 2.75) is 31.8 Å². The Bertz CT molecular complexity index is 870. The second kappa shape index (κ2) is 6.72. The van der Waals surface area contributed by atoms with E-state index in [9.17, 15) is 9.59 Å². The van der Waals surface area contributed by atoms with E-state index in [1.807, 2.05) is 67.4 Å². The van der Waals surface area contributed by atoms with E-state index in [2.05, 4.69) is 10.2 Å². The summed E-state index contributed by atoms with van der Waals surface area (Å²) < 4.78 is 0. The zero-order chi connectivity index (χ0) is 19.0. The molecule has 0 aromatic heterocycles. The van der Waals surface area contributed by atoms with Crippen molar-refractivity contribution in [2.24, 2.45) is 0 Å². The number of amides is 2. The minimum atomic E-state index is -0.414. The minimum Gasteiger partial charge on any atom is -0.351 e. The Hall–Kier alpha value is -2.82. The molecule has 27 heavy (non-hydrogen) atoms. The molecular formula is C22H25N3O2. The van der Waals surface area contributed by atoms with Gasteiger partial charge in [-0.2, -0.15) is 0 Å². The summed E-state index contributed by atoms with van der Waals surface area (Å²) in [7, 11) is 2.04. The minimum absolute atomic E-state index is 0.0177. The highest BCUT2D eigenvalue weighted by molar-refractivity contribution is 6.02. The lowest BCUT2D eigenvalue weighted by Crippen LogP contribution is -2.67. The lowest BCUT2D eigenvalue weighted by Gasteiger charge is -2.51. The average Bonchev–Trinajstić information content (AvgIpc) is 2.67. The normalized spacial score (nSPS) is 18.2. The summed E-state index contributed by atoms with van der Waals surface area (Å²) in [5.74, 6) is 0.132.